The average molecular weight is 557 g/mol. The van der Waals surface area contributed by atoms with Gasteiger partial charge < -0.3 is 15.0 Å². The predicted molar refractivity (Wildman–Crippen MR) is 124 cm³/mol. The Hall–Kier alpha value is -2.23. The van der Waals surface area contributed by atoms with Crippen molar-refractivity contribution in [2.24, 2.45) is 11.1 Å². The molecule has 1 fully saturated rings. The van der Waals surface area contributed by atoms with Crippen LogP contribution in [0.25, 0.3) is 0 Å². The number of anilines is 1. The maximum absolute atomic E-state index is 13.2. The first kappa shape index (κ1) is 23.9. The van der Waals surface area contributed by atoms with Gasteiger partial charge in [-0.3, -0.25) is 8.98 Å². The van der Waals surface area contributed by atoms with Crippen LogP contribution in [0.3, 0.4) is 0 Å². The molecule has 3 heterocycles. The number of hydrogen-bond donors (Lipinski definition) is 3. The van der Waals surface area contributed by atoms with Crippen LogP contribution in [0.5, 0.6) is 0 Å². The van der Waals surface area contributed by atoms with E-state index in [0.717, 1.165) is 10.2 Å². The summed E-state index contributed by atoms with van der Waals surface area (Å²) in [5.41, 5.74) is 1.28. The number of nitrogens with one attached hydrogen (secondary N) is 1. The minimum Gasteiger partial charge on any atom is -0.393 e. The third-order valence-electron chi connectivity index (χ3n) is 5.25. The lowest BCUT2D eigenvalue weighted by Crippen LogP contribution is -2.24. The van der Waals surface area contributed by atoms with Crippen molar-refractivity contribution in [3.8, 4) is 0 Å². The molecule has 14 heteroatoms. The number of thiophene rings is 1. The summed E-state index contributed by atoms with van der Waals surface area (Å²) in [5, 5.41) is 20.2. The minimum atomic E-state index is -4.08. The van der Waals surface area contributed by atoms with Gasteiger partial charge in [0.05, 0.1) is 29.5 Å². The number of halogens is 1. The molecule has 3 aromatic rings. The van der Waals surface area contributed by atoms with Crippen LogP contribution in [0.1, 0.15) is 33.6 Å². The van der Waals surface area contributed by atoms with Gasteiger partial charge in [0, 0.05) is 30.9 Å². The van der Waals surface area contributed by atoms with Crippen LogP contribution in [-0.2, 0) is 21.0 Å². The predicted octanol–water partition coefficient (Wildman–Crippen LogP) is 1.55. The van der Waals surface area contributed by atoms with E-state index < -0.39 is 22.3 Å². The molecule has 0 amide bonds. The van der Waals surface area contributed by atoms with Crippen LogP contribution in [0.15, 0.2) is 41.1 Å². The molecule has 0 aliphatic heterocycles. The number of nitrogens with zero attached hydrogens (tertiary/aromatic N) is 4. The third kappa shape index (κ3) is 6.22. The summed E-state index contributed by atoms with van der Waals surface area (Å²) in [6.45, 7) is 0.375. The van der Waals surface area contributed by atoms with E-state index in [0.29, 0.717) is 35.6 Å². The van der Waals surface area contributed by atoms with Gasteiger partial charge in [-0.05, 0) is 45.8 Å². The number of aromatic nitrogens is 4. The number of imidazole rings is 1. The van der Waals surface area contributed by atoms with Gasteiger partial charge in [-0.1, -0.05) is 0 Å². The highest BCUT2D eigenvalue weighted by atomic mass is 79.9. The highest BCUT2D eigenvalue weighted by Crippen LogP contribution is 2.30. The number of ketones is 1. The Morgan fingerprint density at radius 2 is 2.21 bits per heavy atom. The smallest absolute Gasteiger partial charge is 0.333 e. The van der Waals surface area contributed by atoms with Crippen LogP contribution in [0, 0.1) is 5.92 Å². The molecule has 0 bridgehead atoms. The topological polar surface area (TPSA) is 162 Å². The van der Waals surface area contributed by atoms with E-state index >= 15 is 0 Å². The number of nitrogens with two attached hydrogens (primary N) is 1. The van der Waals surface area contributed by atoms with E-state index in [4.69, 9.17) is 5.14 Å². The Labute approximate surface area is 202 Å². The second-order valence-electron chi connectivity index (χ2n) is 7.72. The van der Waals surface area contributed by atoms with Crippen molar-refractivity contribution in [1.82, 2.24) is 19.5 Å². The molecule has 1 saturated carbocycles. The largest absolute Gasteiger partial charge is 0.393 e. The van der Waals surface area contributed by atoms with Crippen LogP contribution >= 0.6 is 27.3 Å². The zero-order chi connectivity index (χ0) is 23.6. The molecule has 0 unspecified atom stereocenters. The first-order valence-electron chi connectivity index (χ1n) is 9.89. The van der Waals surface area contributed by atoms with E-state index in [1.54, 1.807) is 6.33 Å². The second-order valence-corrected chi connectivity index (χ2v) is 10.7. The zero-order valence-corrected chi connectivity index (χ0v) is 20.4. The van der Waals surface area contributed by atoms with Crippen molar-refractivity contribution in [3.63, 3.8) is 0 Å². The van der Waals surface area contributed by atoms with Gasteiger partial charge in [0.1, 0.15) is 16.7 Å². The number of carbonyl (C=O) groups is 1. The number of carbonyl (C=O) groups excluding carboxylic acids is 1. The summed E-state index contributed by atoms with van der Waals surface area (Å²) in [6.07, 6.45) is 6.35. The molecule has 3 atom stereocenters. The summed E-state index contributed by atoms with van der Waals surface area (Å²) >= 11 is 4.65. The van der Waals surface area contributed by atoms with Gasteiger partial charge in [0.2, 0.25) is 5.78 Å². The van der Waals surface area contributed by atoms with Crippen molar-refractivity contribution in [2.75, 3.05) is 11.9 Å². The molecule has 1 aliphatic rings. The Kier molecular flexibility index (Phi) is 7.21. The van der Waals surface area contributed by atoms with Gasteiger partial charge in [0.25, 0.3) is 0 Å². The van der Waals surface area contributed by atoms with Gasteiger partial charge in [0.15, 0.2) is 0 Å². The van der Waals surface area contributed by atoms with Crippen LogP contribution in [0.4, 0.5) is 5.82 Å². The van der Waals surface area contributed by atoms with E-state index in [-0.39, 0.29) is 18.4 Å². The fraction of sp³-hybridized carbons (Fsp3) is 0.368. The molecular formula is C19H21BrN6O5S2. The average Bonchev–Trinajstić information content (AvgIpc) is 3.47. The van der Waals surface area contributed by atoms with Crippen molar-refractivity contribution in [1.29, 1.82) is 0 Å². The Bertz CT molecular complexity index is 1250. The Morgan fingerprint density at radius 1 is 1.39 bits per heavy atom. The first-order valence-corrected chi connectivity index (χ1v) is 13.0. The van der Waals surface area contributed by atoms with Crippen molar-refractivity contribution < 1.29 is 22.5 Å². The summed E-state index contributed by atoms with van der Waals surface area (Å²) < 4.78 is 29.3. The van der Waals surface area contributed by atoms with E-state index in [1.807, 2.05) is 22.2 Å². The number of hydrogen-bond acceptors (Lipinski definition) is 10. The Balaban J connectivity index is 1.44. The highest BCUT2D eigenvalue weighted by molar-refractivity contribution is 9.10. The lowest BCUT2D eigenvalue weighted by molar-refractivity contribution is 0.101. The highest BCUT2D eigenvalue weighted by Gasteiger charge is 2.34. The summed E-state index contributed by atoms with van der Waals surface area (Å²) in [5.74, 6) is -0.271. The molecule has 4 N–H and O–H groups in total. The van der Waals surface area contributed by atoms with Gasteiger partial charge >= 0.3 is 10.3 Å². The van der Waals surface area contributed by atoms with Crippen LogP contribution in [0.2, 0.25) is 0 Å². The zero-order valence-electron chi connectivity index (χ0n) is 17.2. The van der Waals surface area contributed by atoms with E-state index in [1.165, 1.54) is 23.9 Å². The molecule has 0 aromatic carbocycles. The van der Waals surface area contributed by atoms with E-state index in [9.17, 15) is 18.3 Å². The molecule has 176 valence electrons. The maximum atomic E-state index is 13.2. The van der Waals surface area contributed by atoms with Gasteiger partial charge in [-0.15, -0.1) is 11.3 Å². The van der Waals surface area contributed by atoms with Crippen LogP contribution < -0.4 is 10.5 Å². The molecule has 4 rings (SSSR count). The Morgan fingerprint density at radius 3 is 2.94 bits per heavy atom. The molecule has 33 heavy (non-hydrogen) atoms. The summed E-state index contributed by atoms with van der Waals surface area (Å²) in [4.78, 5) is 26.1. The first-order chi connectivity index (χ1) is 15.7. The number of aliphatic hydroxyl groups excluding tert-OH is 1. The van der Waals surface area contributed by atoms with Gasteiger partial charge in [-0.25, -0.2) is 20.1 Å². The lowest BCUT2D eigenvalue weighted by Gasteiger charge is -2.15. The minimum absolute atomic E-state index is 0.209. The molecule has 3 aromatic heterocycles. The molecule has 11 nitrogen and oxygen atoms in total. The van der Waals surface area contributed by atoms with Crippen molar-refractivity contribution in [3.05, 3.63) is 57.1 Å². The fourth-order valence-corrected chi connectivity index (χ4v) is 5.30. The summed E-state index contributed by atoms with van der Waals surface area (Å²) in [6, 6.07) is 1.60. The van der Waals surface area contributed by atoms with Crippen LogP contribution in [-0.4, -0.2) is 57.6 Å². The third-order valence-corrected chi connectivity index (χ3v) is 7.10. The fourth-order valence-electron chi connectivity index (χ4n) is 3.73. The van der Waals surface area contributed by atoms with Crippen molar-refractivity contribution in [2.45, 2.75) is 31.5 Å². The molecule has 0 saturated heterocycles. The molecule has 0 radical (unpaired) electrons. The normalized spacial score (nSPS) is 20.8. The number of aliphatic hydroxyl groups is 1. The second kappa shape index (κ2) is 9.95. The molecular weight excluding hydrogens is 536 g/mol. The number of rotatable bonds is 9. The van der Waals surface area contributed by atoms with Crippen molar-refractivity contribution >= 4 is 49.2 Å². The quantitative estimate of drug-likeness (QED) is 0.331. The molecule has 1 aliphatic carbocycles. The SMILES string of the molecule is NS(=O)(=O)OC[C@H]1C[C@@H](Nc2ncncc2C(=O)c2cc(Cn3cnc(Br)c3)cs2)C[C@@H]1O. The molecule has 0 spiro atoms. The standard InChI is InChI=1S/C19H21BrN6O5S2/c20-17-6-26(10-24-17)5-11-1-16(32-8-11)18(28)14-4-22-9-23-19(14)25-13-2-12(15(27)3-13)7-31-33(21,29)30/h1,4,6,8-10,12-13,15,27H,2-3,5,7H2,(H2,21,29,30)(H,22,23,25)/t12-,13-,15+/m1/s1. The van der Waals surface area contributed by atoms with Gasteiger partial charge in [-0.2, -0.15) is 8.42 Å². The monoisotopic (exact) mass is 556 g/mol. The summed E-state index contributed by atoms with van der Waals surface area (Å²) in [7, 11) is -4.08. The maximum Gasteiger partial charge on any atom is 0.333 e. The van der Waals surface area contributed by atoms with E-state index in [2.05, 4.69) is 40.4 Å². The lowest BCUT2D eigenvalue weighted by atomic mass is 10.1.